The Hall–Kier alpha value is -2.22. The summed E-state index contributed by atoms with van der Waals surface area (Å²) in [5.41, 5.74) is 5.29. The van der Waals surface area contributed by atoms with Crippen LogP contribution in [0.2, 0.25) is 0 Å². The number of hydrogen-bond donors (Lipinski definition) is 0. The fraction of sp³-hybridized carbons (Fsp3) is 0.125. The predicted molar refractivity (Wildman–Crippen MR) is 70.2 cm³/mol. The van der Waals surface area contributed by atoms with Crippen LogP contribution >= 0.6 is 0 Å². The molecular weight excluding hydrogens is 222 g/mol. The highest BCUT2D eigenvalue weighted by molar-refractivity contribution is 6.19. The third-order valence-electron chi connectivity index (χ3n) is 3.84. The van der Waals surface area contributed by atoms with Gasteiger partial charge in [-0.15, -0.1) is 0 Å². The van der Waals surface area contributed by atoms with Crippen LogP contribution in [0.4, 0.5) is 0 Å². The van der Waals surface area contributed by atoms with Gasteiger partial charge in [-0.05, 0) is 29.2 Å². The maximum atomic E-state index is 12.1. The predicted octanol–water partition coefficient (Wildman–Crippen LogP) is 2.97. The Morgan fingerprint density at radius 2 is 1.67 bits per heavy atom. The molecule has 1 heterocycles. The van der Waals surface area contributed by atoms with Crippen LogP contribution in [-0.2, 0) is 6.42 Å². The molecule has 0 bridgehead atoms. The second-order valence-corrected chi connectivity index (χ2v) is 4.80. The van der Waals surface area contributed by atoms with Crippen LogP contribution in [0.25, 0.3) is 0 Å². The molecule has 2 aromatic rings. The first kappa shape index (κ1) is 9.77. The Kier molecular flexibility index (Phi) is 1.84. The molecule has 1 aliphatic heterocycles. The summed E-state index contributed by atoms with van der Waals surface area (Å²) in [5.74, 6) is 0.157. The molecule has 1 atom stereocenters. The molecule has 2 heteroatoms. The largest absolute Gasteiger partial charge is 0.277 e. The van der Waals surface area contributed by atoms with Gasteiger partial charge < -0.3 is 0 Å². The van der Waals surface area contributed by atoms with E-state index >= 15 is 0 Å². The fourth-order valence-corrected chi connectivity index (χ4v) is 3.01. The van der Waals surface area contributed by atoms with Crippen molar-refractivity contribution in [2.75, 3.05) is 0 Å². The van der Waals surface area contributed by atoms with E-state index in [0.29, 0.717) is 0 Å². The van der Waals surface area contributed by atoms with Crippen molar-refractivity contribution < 1.29 is 4.79 Å². The summed E-state index contributed by atoms with van der Waals surface area (Å²) < 4.78 is 0. The maximum absolute atomic E-state index is 12.1. The van der Waals surface area contributed by atoms with Crippen LogP contribution in [-0.4, -0.2) is 11.6 Å². The summed E-state index contributed by atoms with van der Waals surface area (Å²) in [6.07, 6.45) is 0.958. The molecule has 1 aliphatic carbocycles. The summed E-state index contributed by atoms with van der Waals surface area (Å²) in [7, 11) is 0. The van der Waals surface area contributed by atoms with Crippen molar-refractivity contribution in [3.63, 3.8) is 0 Å². The van der Waals surface area contributed by atoms with Gasteiger partial charge in [0.05, 0.1) is 5.71 Å². The third kappa shape index (κ3) is 1.17. The number of hydrogen-bond acceptors (Lipinski definition) is 1. The summed E-state index contributed by atoms with van der Waals surface area (Å²) in [6.45, 7) is 0. The van der Waals surface area contributed by atoms with E-state index in [1.807, 2.05) is 30.3 Å². The number of rotatable bonds is 0. The van der Waals surface area contributed by atoms with Crippen molar-refractivity contribution in [1.29, 1.82) is 0 Å². The van der Waals surface area contributed by atoms with Crippen molar-refractivity contribution in [2.24, 2.45) is 4.99 Å². The molecule has 2 nitrogen and oxygen atoms in total. The second kappa shape index (κ2) is 3.39. The van der Waals surface area contributed by atoms with E-state index in [4.69, 9.17) is 0 Å². The Balaban J connectivity index is 1.97. The van der Waals surface area contributed by atoms with Gasteiger partial charge in [-0.25, -0.2) is 4.99 Å². The zero-order valence-electron chi connectivity index (χ0n) is 9.76. The van der Waals surface area contributed by atoms with Crippen molar-refractivity contribution in [3.05, 3.63) is 70.8 Å². The lowest BCUT2D eigenvalue weighted by molar-refractivity contribution is 0.0999. The molecule has 2 aromatic carbocycles. The van der Waals surface area contributed by atoms with E-state index in [0.717, 1.165) is 28.8 Å². The average molecular weight is 233 g/mol. The first-order chi connectivity index (χ1) is 8.84. The molecule has 4 rings (SSSR count). The fourth-order valence-electron chi connectivity index (χ4n) is 3.01. The van der Waals surface area contributed by atoms with E-state index in [-0.39, 0.29) is 11.8 Å². The quantitative estimate of drug-likeness (QED) is 0.687. The number of carbonyl (C=O) groups is 1. The first-order valence-electron chi connectivity index (χ1n) is 6.15. The van der Waals surface area contributed by atoms with Gasteiger partial charge in [0, 0.05) is 11.5 Å². The third-order valence-corrected chi connectivity index (χ3v) is 3.84. The number of fused-ring (bicyclic) bond motifs is 5. The van der Waals surface area contributed by atoms with E-state index in [1.54, 1.807) is 0 Å². The van der Waals surface area contributed by atoms with Crippen LogP contribution in [0.3, 0.4) is 0 Å². The van der Waals surface area contributed by atoms with E-state index in [9.17, 15) is 4.79 Å². The van der Waals surface area contributed by atoms with Crippen molar-refractivity contribution in [2.45, 2.75) is 12.3 Å². The van der Waals surface area contributed by atoms with Gasteiger partial charge in [-0.3, -0.25) is 4.79 Å². The Bertz CT molecular complexity index is 700. The molecule has 18 heavy (non-hydrogen) atoms. The van der Waals surface area contributed by atoms with E-state index in [2.05, 4.69) is 23.2 Å². The molecule has 86 valence electrons. The maximum Gasteiger partial charge on any atom is 0.277 e. The smallest absolute Gasteiger partial charge is 0.267 e. The summed E-state index contributed by atoms with van der Waals surface area (Å²) in [6, 6.07) is 16.1. The highest BCUT2D eigenvalue weighted by Gasteiger charge is 2.35. The topological polar surface area (TPSA) is 29.4 Å². The molecular formula is C16H11NO. The van der Waals surface area contributed by atoms with Gasteiger partial charge in [-0.1, -0.05) is 42.5 Å². The highest BCUT2D eigenvalue weighted by atomic mass is 16.1. The summed E-state index contributed by atoms with van der Waals surface area (Å²) in [5, 5.41) is 0. The zero-order valence-corrected chi connectivity index (χ0v) is 9.76. The minimum atomic E-state index is -0.103. The van der Waals surface area contributed by atoms with Crippen LogP contribution in [0.15, 0.2) is 53.5 Å². The SMILES string of the molecule is O=C1N=C2c3ccccc3CC2c2ccccc21. The molecule has 0 N–H and O–H groups in total. The van der Waals surface area contributed by atoms with E-state index < -0.39 is 0 Å². The average Bonchev–Trinajstić information content (AvgIpc) is 2.78. The number of aliphatic imine (C=N–C) groups is 1. The lowest BCUT2D eigenvalue weighted by atomic mass is 9.88. The molecule has 0 spiro atoms. The van der Waals surface area contributed by atoms with Gasteiger partial charge in [0.2, 0.25) is 0 Å². The van der Waals surface area contributed by atoms with Crippen molar-refractivity contribution in [1.82, 2.24) is 0 Å². The standard InChI is InChI=1S/C16H11NO/c18-16-13-8-4-3-7-12(13)14-9-10-5-1-2-6-11(10)15(14)17-16/h1-8,14H,9H2. The minimum absolute atomic E-state index is 0.103. The van der Waals surface area contributed by atoms with Crippen LogP contribution in [0, 0.1) is 0 Å². The molecule has 0 aromatic heterocycles. The van der Waals surface area contributed by atoms with Gasteiger partial charge >= 0.3 is 0 Å². The molecule has 0 radical (unpaired) electrons. The number of benzene rings is 2. The molecule has 2 aliphatic rings. The lowest BCUT2D eigenvalue weighted by Gasteiger charge is -2.19. The zero-order chi connectivity index (χ0) is 12.1. The molecule has 1 unspecified atom stereocenters. The van der Waals surface area contributed by atoms with Gasteiger partial charge in [0.1, 0.15) is 0 Å². The monoisotopic (exact) mass is 233 g/mol. The second-order valence-electron chi connectivity index (χ2n) is 4.80. The first-order valence-corrected chi connectivity index (χ1v) is 6.15. The number of amides is 1. The molecule has 0 saturated carbocycles. The van der Waals surface area contributed by atoms with Crippen molar-refractivity contribution >= 4 is 11.6 Å². The molecule has 1 amide bonds. The minimum Gasteiger partial charge on any atom is -0.267 e. The summed E-state index contributed by atoms with van der Waals surface area (Å²) >= 11 is 0. The number of nitrogens with zero attached hydrogens (tertiary/aromatic N) is 1. The molecule has 0 saturated heterocycles. The van der Waals surface area contributed by atoms with Gasteiger partial charge in [0.15, 0.2) is 0 Å². The summed E-state index contributed by atoms with van der Waals surface area (Å²) in [4.78, 5) is 16.4. The normalized spacial score (nSPS) is 19.9. The van der Waals surface area contributed by atoms with Crippen molar-refractivity contribution in [3.8, 4) is 0 Å². The highest BCUT2D eigenvalue weighted by Crippen LogP contribution is 2.38. The Morgan fingerprint density at radius 1 is 0.944 bits per heavy atom. The lowest BCUT2D eigenvalue weighted by Crippen LogP contribution is -2.19. The Morgan fingerprint density at radius 3 is 2.56 bits per heavy atom. The van der Waals surface area contributed by atoms with Crippen LogP contribution in [0.5, 0.6) is 0 Å². The van der Waals surface area contributed by atoms with Gasteiger partial charge in [-0.2, -0.15) is 0 Å². The van der Waals surface area contributed by atoms with Crippen LogP contribution < -0.4 is 0 Å². The molecule has 0 fully saturated rings. The number of carbonyl (C=O) groups excluding carboxylic acids is 1. The van der Waals surface area contributed by atoms with E-state index in [1.165, 1.54) is 5.56 Å². The van der Waals surface area contributed by atoms with Gasteiger partial charge in [0.25, 0.3) is 5.91 Å². The van der Waals surface area contributed by atoms with Crippen LogP contribution in [0.1, 0.15) is 33.0 Å². The Labute approximate surface area is 105 Å².